The van der Waals surface area contributed by atoms with Crippen LogP contribution in [0.1, 0.15) is 23.6 Å². The lowest BCUT2D eigenvalue weighted by Crippen LogP contribution is -2.36. The van der Waals surface area contributed by atoms with Gasteiger partial charge in [-0.25, -0.2) is 0 Å². The molecule has 0 aliphatic heterocycles. The second-order valence-corrected chi connectivity index (χ2v) is 6.66. The van der Waals surface area contributed by atoms with Crippen LogP contribution in [-0.4, -0.2) is 45.2 Å². The Kier molecular flexibility index (Phi) is 11.6. The van der Waals surface area contributed by atoms with Crippen LogP contribution >= 0.6 is 24.0 Å². The standard InChI is InChI=1S/C22H32N4O.HI/c1-5-18-10-6-7-11-19(18)16-24-22(23-2)25-17-20-12-8-9-13-21(20)27-15-14-26(3)4;/h6-13H,5,14-17H2,1-4H3,(H2,23,24,25);1H. The van der Waals surface area contributed by atoms with Gasteiger partial charge in [0.15, 0.2) is 5.96 Å². The van der Waals surface area contributed by atoms with Crippen LogP contribution in [0.5, 0.6) is 5.75 Å². The summed E-state index contributed by atoms with van der Waals surface area (Å²) in [5, 5.41) is 6.78. The maximum Gasteiger partial charge on any atom is 0.191 e. The van der Waals surface area contributed by atoms with Crippen LogP contribution in [0.3, 0.4) is 0 Å². The first-order valence-corrected chi connectivity index (χ1v) is 9.50. The minimum atomic E-state index is 0. The van der Waals surface area contributed by atoms with Gasteiger partial charge in [0.2, 0.25) is 0 Å². The molecule has 2 aromatic carbocycles. The highest BCUT2D eigenvalue weighted by molar-refractivity contribution is 14.0. The van der Waals surface area contributed by atoms with Crippen molar-refractivity contribution in [3.8, 4) is 5.75 Å². The minimum Gasteiger partial charge on any atom is -0.492 e. The molecular weight excluding hydrogens is 463 g/mol. The van der Waals surface area contributed by atoms with Gasteiger partial charge in [0.25, 0.3) is 0 Å². The number of para-hydroxylation sites is 1. The summed E-state index contributed by atoms with van der Waals surface area (Å²) < 4.78 is 5.93. The second kappa shape index (κ2) is 13.4. The molecule has 0 aromatic heterocycles. The molecule has 28 heavy (non-hydrogen) atoms. The smallest absolute Gasteiger partial charge is 0.191 e. The van der Waals surface area contributed by atoms with Crippen molar-refractivity contribution in [2.75, 3.05) is 34.3 Å². The van der Waals surface area contributed by atoms with E-state index in [9.17, 15) is 0 Å². The molecule has 0 saturated heterocycles. The van der Waals surface area contributed by atoms with Crippen molar-refractivity contribution in [3.63, 3.8) is 0 Å². The lowest BCUT2D eigenvalue weighted by atomic mass is 10.1. The lowest BCUT2D eigenvalue weighted by Gasteiger charge is -2.16. The first-order chi connectivity index (χ1) is 13.1. The molecular formula is C22H33IN4O. The van der Waals surface area contributed by atoms with Crippen LogP contribution in [-0.2, 0) is 19.5 Å². The zero-order valence-electron chi connectivity index (χ0n) is 17.4. The molecule has 154 valence electrons. The molecule has 0 fully saturated rings. The molecule has 0 atom stereocenters. The quantitative estimate of drug-likeness (QED) is 0.316. The highest BCUT2D eigenvalue weighted by atomic mass is 127. The maximum absolute atomic E-state index is 5.93. The van der Waals surface area contributed by atoms with E-state index in [-0.39, 0.29) is 24.0 Å². The highest BCUT2D eigenvalue weighted by Gasteiger charge is 2.06. The van der Waals surface area contributed by atoms with Crippen LogP contribution < -0.4 is 15.4 Å². The average Bonchev–Trinajstić information content (AvgIpc) is 2.69. The number of rotatable bonds is 9. The summed E-state index contributed by atoms with van der Waals surface area (Å²) >= 11 is 0. The van der Waals surface area contributed by atoms with Gasteiger partial charge in [-0.2, -0.15) is 0 Å². The van der Waals surface area contributed by atoms with E-state index in [2.05, 4.69) is 57.8 Å². The first-order valence-electron chi connectivity index (χ1n) is 9.50. The molecule has 0 aliphatic carbocycles. The van der Waals surface area contributed by atoms with E-state index in [4.69, 9.17) is 4.74 Å². The Morgan fingerprint density at radius 1 is 0.929 bits per heavy atom. The topological polar surface area (TPSA) is 48.9 Å². The van der Waals surface area contributed by atoms with Crippen molar-refractivity contribution in [1.82, 2.24) is 15.5 Å². The van der Waals surface area contributed by atoms with E-state index in [0.717, 1.165) is 36.8 Å². The molecule has 0 amide bonds. The van der Waals surface area contributed by atoms with Crippen LogP contribution in [0.2, 0.25) is 0 Å². The molecule has 0 spiro atoms. The number of hydrogen-bond acceptors (Lipinski definition) is 3. The Morgan fingerprint density at radius 3 is 2.11 bits per heavy atom. The van der Waals surface area contributed by atoms with Gasteiger partial charge in [-0.05, 0) is 37.7 Å². The van der Waals surface area contributed by atoms with Crippen molar-refractivity contribution in [1.29, 1.82) is 0 Å². The van der Waals surface area contributed by atoms with Crippen molar-refractivity contribution in [2.45, 2.75) is 26.4 Å². The van der Waals surface area contributed by atoms with Crippen molar-refractivity contribution >= 4 is 29.9 Å². The second-order valence-electron chi connectivity index (χ2n) is 6.66. The zero-order valence-corrected chi connectivity index (χ0v) is 19.7. The summed E-state index contributed by atoms with van der Waals surface area (Å²) in [7, 11) is 5.88. The number of aryl methyl sites for hydroxylation is 1. The molecule has 2 N–H and O–H groups in total. The van der Waals surface area contributed by atoms with E-state index < -0.39 is 0 Å². The van der Waals surface area contributed by atoms with Crippen molar-refractivity contribution < 1.29 is 4.74 Å². The number of ether oxygens (including phenoxy) is 1. The summed E-state index contributed by atoms with van der Waals surface area (Å²) in [6, 6.07) is 16.6. The number of nitrogens with zero attached hydrogens (tertiary/aromatic N) is 2. The molecule has 2 rings (SSSR count). The van der Waals surface area contributed by atoms with Crippen molar-refractivity contribution in [2.24, 2.45) is 4.99 Å². The van der Waals surface area contributed by atoms with Gasteiger partial charge >= 0.3 is 0 Å². The zero-order chi connectivity index (χ0) is 19.5. The Balaban J connectivity index is 0.00000392. The number of nitrogens with one attached hydrogen (secondary N) is 2. The molecule has 0 unspecified atom stereocenters. The van der Waals surface area contributed by atoms with Crippen LogP contribution in [0.15, 0.2) is 53.5 Å². The van der Waals surface area contributed by atoms with Gasteiger partial charge in [0, 0.05) is 32.2 Å². The van der Waals surface area contributed by atoms with E-state index in [0.29, 0.717) is 13.2 Å². The third kappa shape index (κ3) is 8.06. The first kappa shape index (κ1) is 24.2. The van der Waals surface area contributed by atoms with E-state index in [1.54, 1.807) is 7.05 Å². The van der Waals surface area contributed by atoms with Gasteiger partial charge in [-0.15, -0.1) is 24.0 Å². The van der Waals surface area contributed by atoms with E-state index >= 15 is 0 Å². The maximum atomic E-state index is 5.93. The highest BCUT2D eigenvalue weighted by Crippen LogP contribution is 2.17. The number of benzene rings is 2. The molecule has 5 nitrogen and oxygen atoms in total. The van der Waals surface area contributed by atoms with Gasteiger partial charge < -0.3 is 20.3 Å². The predicted octanol–water partition coefficient (Wildman–Crippen LogP) is 3.67. The molecule has 0 saturated carbocycles. The third-order valence-corrected chi connectivity index (χ3v) is 4.38. The van der Waals surface area contributed by atoms with Crippen LogP contribution in [0.25, 0.3) is 0 Å². The molecule has 0 bridgehead atoms. The molecule has 0 heterocycles. The normalized spacial score (nSPS) is 11.1. The summed E-state index contributed by atoms with van der Waals surface area (Å²) in [5.41, 5.74) is 3.78. The van der Waals surface area contributed by atoms with E-state index in [1.807, 2.05) is 32.3 Å². The Bertz CT molecular complexity index is 734. The SMILES string of the molecule is CCc1ccccc1CNC(=NC)NCc1ccccc1OCCN(C)C.I. The molecule has 0 radical (unpaired) electrons. The summed E-state index contributed by atoms with van der Waals surface area (Å²) in [6.45, 7) is 5.16. The monoisotopic (exact) mass is 496 g/mol. The van der Waals surface area contributed by atoms with Crippen LogP contribution in [0.4, 0.5) is 0 Å². The number of aliphatic imine (C=N–C) groups is 1. The fourth-order valence-electron chi connectivity index (χ4n) is 2.78. The largest absolute Gasteiger partial charge is 0.492 e. The fraction of sp³-hybridized carbons (Fsp3) is 0.409. The molecule has 0 aliphatic rings. The van der Waals surface area contributed by atoms with Gasteiger partial charge in [-0.3, -0.25) is 4.99 Å². The van der Waals surface area contributed by atoms with Gasteiger partial charge in [0.1, 0.15) is 12.4 Å². The number of hydrogen-bond donors (Lipinski definition) is 2. The summed E-state index contributed by atoms with van der Waals surface area (Å²) in [4.78, 5) is 6.45. The number of halogens is 1. The van der Waals surface area contributed by atoms with Gasteiger partial charge in [0.05, 0.1) is 0 Å². The summed E-state index contributed by atoms with van der Waals surface area (Å²) in [6.07, 6.45) is 1.03. The Labute approximate surface area is 186 Å². The van der Waals surface area contributed by atoms with E-state index in [1.165, 1.54) is 11.1 Å². The third-order valence-electron chi connectivity index (χ3n) is 4.38. The summed E-state index contributed by atoms with van der Waals surface area (Å²) in [5.74, 6) is 1.70. The average molecular weight is 496 g/mol. The Hall–Kier alpha value is -1.80. The number of likely N-dealkylation sites (N-methyl/N-ethyl adjacent to an activating group) is 1. The minimum absolute atomic E-state index is 0. The van der Waals surface area contributed by atoms with Gasteiger partial charge in [-0.1, -0.05) is 49.4 Å². The predicted molar refractivity (Wildman–Crippen MR) is 129 cm³/mol. The van der Waals surface area contributed by atoms with Crippen molar-refractivity contribution in [3.05, 3.63) is 65.2 Å². The number of guanidine groups is 1. The molecule has 2 aromatic rings. The van der Waals surface area contributed by atoms with Crippen LogP contribution in [0, 0.1) is 0 Å². The fourth-order valence-corrected chi connectivity index (χ4v) is 2.78. The lowest BCUT2D eigenvalue weighted by molar-refractivity contribution is 0.259. The Morgan fingerprint density at radius 2 is 1.50 bits per heavy atom. The molecule has 6 heteroatoms.